The molecule has 3 atom stereocenters. The molecule has 0 fully saturated rings. The van der Waals surface area contributed by atoms with Crippen LogP contribution in [0.25, 0.3) is 0 Å². The molecule has 0 aromatic heterocycles. The van der Waals surface area contributed by atoms with E-state index in [0.717, 1.165) is 0 Å². The van der Waals surface area contributed by atoms with Crippen LogP contribution < -0.4 is 0 Å². The molecule has 3 unspecified atom stereocenters. The molecule has 1 aromatic carbocycles. The number of carboxylic acids is 1. The van der Waals surface area contributed by atoms with E-state index in [1.807, 2.05) is 42.5 Å². The van der Waals surface area contributed by atoms with E-state index in [1.54, 1.807) is 0 Å². The van der Waals surface area contributed by atoms with E-state index in [2.05, 4.69) is 6.92 Å². The molecule has 0 saturated heterocycles. The second kappa shape index (κ2) is 8.11. The lowest BCUT2D eigenvalue weighted by molar-refractivity contribution is -0.145. The van der Waals surface area contributed by atoms with Crippen molar-refractivity contribution in [2.45, 2.75) is 32.3 Å². The third kappa shape index (κ3) is 4.83. The van der Waals surface area contributed by atoms with Crippen LogP contribution in [0.1, 0.15) is 31.7 Å². The first kappa shape index (κ1) is 17.6. The molecule has 0 aliphatic heterocycles. The monoisotopic (exact) mass is 301 g/mol. The van der Waals surface area contributed by atoms with E-state index < -0.39 is 12.1 Å². The quantitative estimate of drug-likeness (QED) is 0.873. The van der Waals surface area contributed by atoms with Gasteiger partial charge in [0.15, 0.2) is 5.78 Å². The lowest BCUT2D eigenvalue weighted by Crippen LogP contribution is -2.20. The fourth-order valence-electron chi connectivity index (χ4n) is 2.17. The average Bonchev–Trinajstić information content (AvgIpc) is 2.49. The maximum absolute atomic E-state index is 11.5. The molecule has 5 nitrogen and oxygen atoms in total. The first-order chi connectivity index (χ1) is 10.4. The molecule has 0 bridgehead atoms. The lowest BCUT2D eigenvalue weighted by Gasteiger charge is -2.25. The molecular weight excluding hydrogens is 282 g/mol. The van der Waals surface area contributed by atoms with Crippen molar-refractivity contribution in [1.29, 1.82) is 5.26 Å². The standard InChI is InChI=1S/C14H13NO.C3H6O3/c1-10-7-14(16)12(9-15)8-13(10)11-5-3-2-4-6-11;1-2(4)3(5)6/h2-6,8,10,13H,7H2,1H3;2,4H,1H3,(H,5,6). The van der Waals surface area contributed by atoms with Gasteiger partial charge in [-0.3, -0.25) is 4.79 Å². The van der Waals surface area contributed by atoms with E-state index >= 15 is 0 Å². The van der Waals surface area contributed by atoms with Gasteiger partial charge in [0.1, 0.15) is 12.2 Å². The van der Waals surface area contributed by atoms with Crippen LogP contribution in [0.15, 0.2) is 42.0 Å². The minimum absolute atomic E-state index is 0.0258. The lowest BCUT2D eigenvalue weighted by atomic mass is 9.78. The van der Waals surface area contributed by atoms with Crippen molar-refractivity contribution in [2.75, 3.05) is 0 Å². The Kier molecular flexibility index (Phi) is 6.48. The average molecular weight is 301 g/mol. The maximum Gasteiger partial charge on any atom is 0.332 e. The zero-order chi connectivity index (χ0) is 16.7. The van der Waals surface area contributed by atoms with E-state index in [0.29, 0.717) is 12.0 Å². The highest BCUT2D eigenvalue weighted by Crippen LogP contribution is 2.33. The summed E-state index contributed by atoms with van der Waals surface area (Å²) < 4.78 is 0. The number of ketones is 1. The fraction of sp³-hybridized carbons (Fsp3) is 0.353. The number of carbonyl (C=O) groups excluding carboxylic acids is 1. The van der Waals surface area contributed by atoms with Crippen LogP contribution in [0.3, 0.4) is 0 Å². The summed E-state index contributed by atoms with van der Waals surface area (Å²) in [6.45, 7) is 3.25. The van der Waals surface area contributed by atoms with Crippen LogP contribution in [0.4, 0.5) is 0 Å². The number of benzene rings is 1. The summed E-state index contributed by atoms with van der Waals surface area (Å²) in [5, 5.41) is 24.6. The van der Waals surface area contributed by atoms with Crippen molar-refractivity contribution in [3.8, 4) is 6.07 Å². The Bertz CT molecular complexity index is 599. The second-order valence-corrected chi connectivity index (χ2v) is 5.25. The normalized spacial score (nSPS) is 21.7. The molecule has 2 rings (SSSR count). The Hall–Kier alpha value is -2.45. The predicted molar refractivity (Wildman–Crippen MR) is 81.0 cm³/mol. The number of hydrogen-bond acceptors (Lipinski definition) is 4. The van der Waals surface area contributed by atoms with Gasteiger partial charge in [-0.25, -0.2) is 4.79 Å². The van der Waals surface area contributed by atoms with Gasteiger partial charge in [0.25, 0.3) is 0 Å². The van der Waals surface area contributed by atoms with Crippen molar-refractivity contribution in [3.05, 3.63) is 47.5 Å². The summed E-state index contributed by atoms with van der Waals surface area (Å²) in [4.78, 5) is 21.0. The number of carbonyl (C=O) groups is 2. The van der Waals surface area contributed by atoms with Gasteiger partial charge in [0, 0.05) is 12.3 Å². The molecule has 1 aliphatic carbocycles. The van der Waals surface area contributed by atoms with Crippen molar-refractivity contribution in [3.63, 3.8) is 0 Å². The van der Waals surface area contributed by atoms with Crippen molar-refractivity contribution in [2.24, 2.45) is 5.92 Å². The molecule has 2 N–H and O–H groups in total. The van der Waals surface area contributed by atoms with Crippen molar-refractivity contribution in [1.82, 2.24) is 0 Å². The minimum Gasteiger partial charge on any atom is -0.479 e. The topological polar surface area (TPSA) is 98.4 Å². The number of hydrogen-bond donors (Lipinski definition) is 2. The molecule has 0 radical (unpaired) electrons. The highest BCUT2D eigenvalue weighted by molar-refractivity contribution is 6.00. The number of aliphatic hydroxyl groups is 1. The van der Waals surface area contributed by atoms with Crippen LogP contribution in [-0.2, 0) is 9.59 Å². The number of allylic oxidation sites excluding steroid dienone is 2. The van der Waals surface area contributed by atoms with Gasteiger partial charge in [0.2, 0.25) is 0 Å². The number of carboxylic acid groups (broad SMARTS) is 1. The van der Waals surface area contributed by atoms with Crippen LogP contribution in [0.2, 0.25) is 0 Å². The number of nitriles is 1. The summed E-state index contributed by atoms with van der Waals surface area (Å²) in [6, 6.07) is 12.0. The summed E-state index contributed by atoms with van der Waals surface area (Å²) in [5.41, 5.74) is 1.49. The Morgan fingerprint density at radius 1 is 1.36 bits per heavy atom. The Morgan fingerprint density at radius 2 is 1.91 bits per heavy atom. The van der Waals surface area contributed by atoms with Crippen LogP contribution >= 0.6 is 0 Å². The largest absolute Gasteiger partial charge is 0.479 e. The SMILES string of the molecule is CC(O)C(=O)O.CC1CC(=O)C(C#N)=CC1c1ccccc1. The zero-order valence-electron chi connectivity index (χ0n) is 12.6. The van der Waals surface area contributed by atoms with E-state index in [4.69, 9.17) is 15.5 Å². The fourth-order valence-corrected chi connectivity index (χ4v) is 2.17. The predicted octanol–water partition coefficient (Wildman–Crippen LogP) is 2.28. The number of nitrogens with zero attached hydrogens (tertiary/aromatic N) is 1. The molecule has 5 heteroatoms. The number of rotatable bonds is 2. The third-order valence-corrected chi connectivity index (χ3v) is 3.43. The summed E-state index contributed by atoms with van der Waals surface area (Å²) in [6.07, 6.45) is 1.05. The summed E-state index contributed by atoms with van der Waals surface area (Å²) in [7, 11) is 0. The van der Waals surface area contributed by atoms with Gasteiger partial charge >= 0.3 is 5.97 Å². The zero-order valence-corrected chi connectivity index (χ0v) is 12.6. The first-order valence-corrected chi connectivity index (χ1v) is 6.97. The molecule has 0 amide bonds. The van der Waals surface area contributed by atoms with Gasteiger partial charge in [-0.1, -0.05) is 43.3 Å². The summed E-state index contributed by atoms with van der Waals surface area (Å²) >= 11 is 0. The highest BCUT2D eigenvalue weighted by atomic mass is 16.4. The third-order valence-electron chi connectivity index (χ3n) is 3.43. The molecule has 22 heavy (non-hydrogen) atoms. The van der Waals surface area contributed by atoms with Crippen molar-refractivity contribution < 1.29 is 19.8 Å². The highest BCUT2D eigenvalue weighted by Gasteiger charge is 2.27. The number of Topliss-reactive ketones (excluding diaryl/α,β-unsaturated/α-hetero) is 1. The molecule has 1 aliphatic rings. The van der Waals surface area contributed by atoms with E-state index in [-0.39, 0.29) is 17.6 Å². The maximum atomic E-state index is 11.5. The second-order valence-electron chi connectivity index (χ2n) is 5.25. The summed E-state index contributed by atoms with van der Waals surface area (Å²) in [5.74, 6) is -0.752. The first-order valence-electron chi connectivity index (χ1n) is 6.97. The minimum atomic E-state index is -1.23. The van der Waals surface area contributed by atoms with Crippen molar-refractivity contribution >= 4 is 11.8 Å². The number of aliphatic hydroxyl groups excluding tert-OH is 1. The van der Waals surface area contributed by atoms with Crippen LogP contribution in [0.5, 0.6) is 0 Å². The molecule has 116 valence electrons. The van der Waals surface area contributed by atoms with Crippen LogP contribution in [0, 0.1) is 17.2 Å². The van der Waals surface area contributed by atoms with E-state index in [9.17, 15) is 9.59 Å². The molecular formula is C17H19NO4. The van der Waals surface area contributed by atoms with Crippen LogP contribution in [-0.4, -0.2) is 28.1 Å². The van der Waals surface area contributed by atoms with Gasteiger partial charge in [0.05, 0.1) is 5.57 Å². The van der Waals surface area contributed by atoms with Gasteiger partial charge in [-0.15, -0.1) is 0 Å². The molecule has 0 spiro atoms. The Labute approximate surface area is 129 Å². The van der Waals surface area contributed by atoms with E-state index in [1.165, 1.54) is 12.5 Å². The number of aliphatic carboxylic acids is 1. The van der Waals surface area contributed by atoms with Gasteiger partial charge < -0.3 is 10.2 Å². The van der Waals surface area contributed by atoms with Gasteiger partial charge in [-0.05, 0) is 18.4 Å². The molecule has 0 heterocycles. The smallest absolute Gasteiger partial charge is 0.332 e. The molecule has 0 saturated carbocycles. The molecule has 1 aromatic rings. The Morgan fingerprint density at radius 3 is 2.36 bits per heavy atom. The van der Waals surface area contributed by atoms with Gasteiger partial charge in [-0.2, -0.15) is 5.26 Å². The Balaban J connectivity index is 0.000000346.